The molecule has 3 rings (SSSR count). The number of ether oxygens (including phenoxy) is 6. The molecule has 19 nitrogen and oxygen atoms in total. The number of unbranched alkanes of at least 4 members (excludes halogenated alkanes) is 51. The number of aliphatic hydroxyl groups excluding tert-OH is 11. The van der Waals surface area contributed by atoms with Gasteiger partial charge in [-0.05, 0) is 64.2 Å². The summed E-state index contributed by atoms with van der Waals surface area (Å²) in [6.45, 7) is 1.75. The van der Waals surface area contributed by atoms with Gasteiger partial charge in [0.25, 0.3) is 0 Å². The molecular formula is C97H177NO18. The highest BCUT2D eigenvalue weighted by Crippen LogP contribution is 2.34. The second kappa shape index (κ2) is 75.9. The van der Waals surface area contributed by atoms with Gasteiger partial charge in [-0.15, -0.1) is 0 Å². The molecule has 19 heteroatoms. The van der Waals surface area contributed by atoms with E-state index in [0.29, 0.717) is 12.8 Å². The van der Waals surface area contributed by atoms with E-state index in [-0.39, 0.29) is 18.9 Å². The third kappa shape index (κ3) is 53.3. The Morgan fingerprint density at radius 1 is 0.319 bits per heavy atom. The molecule has 0 aromatic carbocycles. The van der Waals surface area contributed by atoms with Crippen LogP contribution in [0.4, 0.5) is 0 Å². The highest BCUT2D eigenvalue weighted by Gasteiger charge is 2.54. The zero-order chi connectivity index (χ0) is 83.8. The molecule has 17 unspecified atom stereocenters. The van der Waals surface area contributed by atoms with Crippen LogP contribution in [0.1, 0.15) is 406 Å². The predicted octanol–water partition coefficient (Wildman–Crippen LogP) is 19.5. The van der Waals surface area contributed by atoms with E-state index in [0.717, 1.165) is 83.5 Å². The quantitative estimate of drug-likeness (QED) is 0.0199. The molecular weight excluding hydrogens is 1470 g/mol. The van der Waals surface area contributed by atoms with Gasteiger partial charge in [0.2, 0.25) is 5.91 Å². The molecule has 12 N–H and O–H groups in total. The number of hydrogen-bond acceptors (Lipinski definition) is 18. The first-order valence-electron chi connectivity index (χ1n) is 48.2. The summed E-state index contributed by atoms with van der Waals surface area (Å²) in [4.78, 5) is 13.6. The van der Waals surface area contributed by atoms with Gasteiger partial charge in [-0.1, -0.05) is 408 Å². The molecule has 1 amide bonds. The van der Waals surface area contributed by atoms with Crippen molar-refractivity contribution in [2.24, 2.45) is 0 Å². The summed E-state index contributed by atoms with van der Waals surface area (Å²) in [7, 11) is 0. The molecule has 3 saturated heterocycles. The number of nitrogens with one attached hydrogen (secondary N) is 1. The van der Waals surface area contributed by atoms with Crippen LogP contribution in [0.25, 0.3) is 0 Å². The number of amides is 1. The van der Waals surface area contributed by atoms with Gasteiger partial charge in [0, 0.05) is 6.42 Å². The summed E-state index contributed by atoms with van der Waals surface area (Å²) in [5.41, 5.74) is 0. The molecule has 116 heavy (non-hydrogen) atoms. The molecule has 17 atom stereocenters. The van der Waals surface area contributed by atoms with Crippen molar-refractivity contribution >= 4 is 5.91 Å². The van der Waals surface area contributed by atoms with E-state index in [1.54, 1.807) is 0 Å². The van der Waals surface area contributed by atoms with E-state index < -0.39 is 124 Å². The average Bonchev–Trinajstić information content (AvgIpc) is 0.783. The van der Waals surface area contributed by atoms with E-state index >= 15 is 0 Å². The molecule has 0 saturated carbocycles. The Balaban J connectivity index is 1.28. The lowest BCUT2D eigenvalue weighted by Crippen LogP contribution is -2.66. The largest absolute Gasteiger partial charge is 0.394 e. The molecule has 3 aliphatic rings. The minimum atomic E-state index is -1.97. The van der Waals surface area contributed by atoms with Gasteiger partial charge in [-0.3, -0.25) is 4.79 Å². The third-order valence-corrected chi connectivity index (χ3v) is 23.8. The predicted molar refractivity (Wildman–Crippen MR) is 471 cm³/mol. The first-order valence-corrected chi connectivity index (χ1v) is 48.2. The zero-order valence-corrected chi connectivity index (χ0v) is 73.5. The van der Waals surface area contributed by atoms with Crippen molar-refractivity contribution in [3.05, 3.63) is 72.9 Å². The van der Waals surface area contributed by atoms with Gasteiger partial charge in [0.05, 0.1) is 38.6 Å². The normalized spacial score (nSPS) is 24.8. The van der Waals surface area contributed by atoms with E-state index in [1.807, 2.05) is 0 Å². The standard InChI is InChI=1S/C97H177NO18/c1-3-5-7-9-11-13-15-17-19-21-23-25-27-29-31-33-35-36-37-38-39-40-41-42-43-44-45-47-49-51-53-55-57-59-61-63-65-67-69-71-73-75-85(103)98-80(81(102)74-72-70-68-66-64-62-60-58-56-54-52-50-48-46-34-32-30-28-26-24-22-20-18-16-14-12-10-8-6-4-2)79-111-95-91(109)88(106)93(83(77-100)113-95)116-97-92(110)89(107)94(84(78-101)114-97)115-96-90(108)87(105)86(104)82(76-99)112-96/h5,7,11,13,17,19,23,25,29,31,35-36,80-84,86-97,99-102,104-110H,3-4,6,8-10,12,14-16,18,20-22,24,26-28,30,32-34,37-79H2,1-2H3,(H,98,103)/b7-5-,13-11-,19-17-,25-23-,31-29-,36-35-. The fraction of sp³-hybridized carbons (Fsp3) is 0.866. The van der Waals surface area contributed by atoms with E-state index in [1.165, 1.54) is 289 Å². The van der Waals surface area contributed by atoms with Crippen molar-refractivity contribution in [2.75, 3.05) is 26.4 Å². The zero-order valence-electron chi connectivity index (χ0n) is 73.5. The monoisotopic (exact) mass is 1640 g/mol. The Labute approximate surface area is 706 Å². The van der Waals surface area contributed by atoms with Crippen LogP contribution in [0.2, 0.25) is 0 Å². The van der Waals surface area contributed by atoms with Crippen LogP contribution in [0.5, 0.6) is 0 Å². The Bertz CT molecular complexity index is 2370. The smallest absolute Gasteiger partial charge is 0.220 e. The van der Waals surface area contributed by atoms with Crippen LogP contribution in [0.3, 0.4) is 0 Å². The second-order valence-electron chi connectivity index (χ2n) is 34.2. The fourth-order valence-electron chi connectivity index (χ4n) is 16.2. The highest BCUT2D eigenvalue weighted by molar-refractivity contribution is 5.76. The fourth-order valence-corrected chi connectivity index (χ4v) is 16.2. The van der Waals surface area contributed by atoms with E-state index in [4.69, 9.17) is 28.4 Å². The van der Waals surface area contributed by atoms with Crippen molar-refractivity contribution in [3.8, 4) is 0 Å². The first kappa shape index (κ1) is 107. The Hall–Kier alpha value is -2.77. The highest BCUT2D eigenvalue weighted by atomic mass is 16.8. The Morgan fingerprint density at radius 3 is 0.931 bits per heavy atom. The van der Waals surface area contributed by atoms with Gasteiger partial charge >= 0.3 is 0 Å². The van der Waals surface area contributed by atoms with Crippen LogP contribution in [-0.2, 0) is 33.2 Å². The molecule has 3 heterocycles. The lowest BCUT2D eigenvalue weighted by molar-refractivity contribution is -0.379. The Kier molecular flexibility index (Phi) is 70.3. The van der Waals surface area contributed by atoms with Gasteiger partial charge < -0.3 is 89.9 Å². The number of rotatable bonds is 79. The summed E-state index contributed by atoms with van der Waals surface area (Å²) in [6.07, 6.45) is 76.0. The molecule has 0 bridgehead atoms. The number of carbonyl (C=O) groups excluding carboxylic acids is 1. The second-order valence-corrected chi connectivity index (χ2v) is 34.2. The van der Waals surface area contributed by atoms with Gasteiger partial charge in [-0.2, -0.15) is 0 Å². The van der Waals surface area contributed by atoms with Gasteiger partial charge in [0.1, 0.15) is 73.2 Å². The van der Waals surface area contributed by atoms with Gasteiger partial charge in [0.15, 0.2) is 18.9 Å². The van der Waals surface area contributed by atoms with Gasteiger partial charge in [-0.25, -0.2) is 0 Å². The SMILES string of the molecule is CC/C=C\C/C=C\C/C=C\C/C=C\C/C=C\C/C=C\CCCCCCCCCCCCCCCCCCCCCCCCC(=O)NC(COC1OC(CO)C(OC2OC(CO)C(OC3OC(CO)C(O)C(O)C3O)C(O)C2O)C(O)C1O)C(O)CCCCCCCCCCCCCCCCCCCCCCCCCCCCCCCC. The number of aliphatic hydroxyl groups is 11. The summed E-state index contributed by atoms with van der Waals surface area (Å²) in [6, 6.07) is -0.890. The number of hydrogen-bond donors (Lipinski definition) is 12. The van der Waals surface area contributed by atoms with Crippen LogP contribution >= 0.6 is 0 Å². The van der Waals surface area contributed by atoms with Crippen molar-refractivity contribution in [1.82, 2.24) is 5.32 Å². The topological polar surface area (TPSA) is 307 Å². The van der Waals surface area contributed by atoms with Crippen LogP contribution < -0.4 is 5.32 Å². The molecule has 0 spiro atoms. The minimum absolute atomic E-state index is 0.235. The van der Waals surface area contributed by atoms with Crippen molar-refractivity contribution in [3.63, 3.8) is 0 Å². The first-order chi connectivity index (χ1) is 56.8. The van der Waals surface area contributed by atoms with Crippen LogP contribution in [0.15, 0.2) is 72.9 Å². The summed E-state index contributed by atoms with van der Waals surface area (Å²) in [5, 5.41) is 122. The maximum absolute atomic E-state index is 13.6. The summed E-state index contributed by atoms with van der Waals surface area (Å²) >= 11 is 0. The number of carbonyl (C=O) groups is 1. The van der Waals surface area contributed by atoms with E-state index in [2.05, 4.69) is 92.1 Å². The summed E-state index contributed by atoms with van der Waals surface area (Å²) < 4.78 is 34.6. The lowest BCUT2D eigenvalue weighted by Gasteiger charge is -2.48. The Morgan fingerprint density at radius 2 is 0.595 bits per heavy atom. The minimum Gasteiger partial charge on any atom is -0.394 e. The van der Waals surface area contributed by atoms with Crippen molar-refractivity contribution in [2.45, 2.75) is 510 Å². The molecule has 0 radical (unpaired) electrons. The van der Waals surface area contributed by atoms with Crippen molar-refractivity contribution in [1.29, 1.82) is 0 Å². The average molecular weight is 1650 g/mol. The summed E-state index contributed by atoms with van der Waals surface area (Å²) in [5.74, 6) is -0.235. The maximum atomic E-state index is 13.6. The molecule has 0 aromatic heterocycles. The molecule has 3 aliphatic heterocycles. The number of allylic oxidation sites excluding steroid dienone is 12. The third-order valence-electron chi connectivity index (χ3n) is 23.8. The van der Waals surface area contributed by atoms with Crippen molar-refractivity contribution < 1.29 is 89.4 Å². The molecule has 0 aliphatic carbocycles. The van der Waals surface area contributed by atoms with Crippen LogP contribution in [-0.4, -0.2) is 193 Å². The molecule has 3 fully saturated rings. The molecule has 0 aromatic rings. The maximum Gasteiger partial charge on any atom is 0.220 e. The lowest BCUT2D eigenvalue weighted by atomic mass is 9.96. The van der Waals surface area contributed by atoms with Crippen LogP contribution in [0, 0.1) is 0 Å². The molecule has 678 valence electrons. The van der Waals surface area contributed by atoms with E-state index in [9.17, 15) is 61.0 Å².